The molecule has 24 heavy (non-hydrogen) atoms. The zero-order chi connectivity index (χ0) is 17.1. The summed E-state index contributed by atoms with van der Waals surface area (Å²) in [6.45, 7) is 1.41. The van der Waals surface area contributed by atoms with E-state index in [-0.39, 0.29) is 11.7 Å². The van der Waals surface area contributed by atoms with Gasteiger partial charge in [-0.2, -0.15) is 11.8 Å². The van der Waals surface area contributed by atoms with Crippen molar-refractivity contribution in [3.63, 3.8) is 0 Å². The van der Waals surface area contributed by atoms with Gasteiger partial charge in [0.1, 0.15) is 5.82 Å². The topological polar surface area (TPSA) is 60.8 Å². The first kappa shape index (κ1) is 17.7. The zero-order valence-corrected chi connectivity index (χ0v) is 14.4. The average Bonchev–Trinajstić information content (AvgIpc) is 2.96. The van der Waals surface area contributed by atoms with Gasteiger partial charge in [-0.1, -0.05) is 12.1 Å². The number of fused-ring (bicyclic) bond motifs is 1. The fourth-order valence-corrected chi connectivity index (χ4v) is 4.59. The van der Waals surface area contributed by atoms with Crippen molar-refractivity contribution < 1.29 is 19.4 Å². The van der Waals surface area contributed by atoms with E-state index in [0.717, 1.165) is 17.1 Å². The smallest absolute Gasteiger partial charge is 0.223 e. The van der Waals surface area contributed by atoms with Gasteiger partial charge in [0, 0.05) is 31.0 Å². The number of hydrogen-bond acceptors (Lipinski definition) is 4. The third-order valence-corrected chi connectivity index (χ3v) is 6.13. The van der Waals surface area contributed by atoms with Crippen LogP contribution in [0.15, 0.2) is 24.3 Å². The van der Waals surface area contributed by atoms with Gasteiger partial charge in [-0.3, -0.25) is 4.79 Å². The van der Waals surface area contributed by atoms with Gasteiger partial charge in [-0.05, 0) is 42.4 Å². The Bertz CT molecular complexity index is 550. The number of carbonyl (C=O) groups excluding carboxylic acids is 1. The van der Waals surface area contributed by atoms with Crippen LogP contribution in [-0.2, 0) is 10.5 Å². The summed E-state index contributed by atoms with van der Waals surface area (Å²) in [6, 6.07) is 6.45. The van der Waals surface area contributed by atoms with Gasteiger partial charge in [-0.15, -0.1) is 0 Å². The number of aliphatic hydroxyl groups excluding tert-OH is 2. The van der Waals surface area contributed by atoms with E-state index in [1.807, 2.05) is 4.90 Å². The summed E-state index contributed by atoms with van der Waals surface area (Å²) in [6.07, 6.45) is 0.389. The predicted molar refractivity (Wildman–Crippen MR) is 92.0 cm³/mol. The molecule has 1 aromatic rings. The standard InChI is InChI=1S/C18H24FNO3S/c19-15-3-1-12(2-4-15)11-24-6-5-18(23)20-9-13-7-16(21)17(22)8-14(13)10-20/h1-4,13-14,16-17,21-22H,5-11H2/t13-,14+,16+,17-. The minimum atomic E-state index is -0.646. The first-order valence-corrected chi connectivity index (χ1v) is 9.64. The molecule has 4 nitrogen and oxygen atoms in total. The van der Waals surface area contributed by atoms with Crippen LogP contribution in [0, 0.1) is 17.7 Å². The second-order valence-corrected chi connectivity index (χ2v) is 7.96. The van der Waals surface area contributed by atoms with Crippen molar-refractivity contribution in [3.05, 3.63) is 35.6 Å². The Morgan fingerprint density at radius 1 is 1.12 bits per heavy atom. The molecule has 1 amide bonds. The van der Waals surface area contributed by atoms with Crippen LogP contribution < -0.4 is 0 Å². The molecule has 1 aliphatic heterocycles. The van der Waals surface area contributed by atoms with E-state index in [9.17, 15) is 19.4 Å². The molecule has 132 valence electrons. The highest BCUT2D eigenvalue weighted by Gasteiger charge is 2.42. The largest absolute Gasteiger partial charge is 0.390 e. The van der Waals surface area contributed by atoms with Crippen molar-refractivity contribution in [2.75, 3.05) is 18.8 Å². The lowest BCUT2D eigenvalue weighted by Crippen LogP contribution is -2.38. The highest BCUT2D eigenvalue weighted by molar-refractivity contribution is 7.98. The molecular formula is C18H24FNO3S. The maximum atomic E-state index is 12.8. The van der Waals surface area contributed by atoms with E-state index in [2.05, 4.69) is 0 Å². The van der Waals surface area contributed by atoms with Crippen molar-refractivity contribution in [2.24, 2.45) is 11.8 Å². The molecule has 1 saturated heterocycles. The summed E-state index contributed by atoms with van der Waals surface area (Å²) in [5.74, 6) is 2.08. The van der Waals surface area contributed by atoms with E-state index in [4.69, 9.17) is 0 Å². The molecule has 3 rings (SSSR count). The molecule has 4 atom stereocenters. The van der Waals surface area contributed by atoms with E-state index in [1.165, 1.54) is 12.1 Å². The van der Waals surface area contributed by atoms with Crippen molar-refractivity contribution in [1.82, 2.24) is 4.90 Å². The Morgan fingerprint density at radius 2 is 1.71 bits per heavy atom. The number of benzene rings is 1. The number of aliphatic hydroxyl groups is 2. The van der Waals surface area contributed by atoms with Crippen molar-refractivity contribution in [2.45, 2.75) is 37.2 Å². The maximum absolute atomic E-state index is 12.8. The monoisotopic (exact) mass is 353 g/mol. The fraction of sp³-hybridized carbons (Fsp3) is 0.611. The SMILES string of the molecule is O=C(CCSCc1ccc(F)cc1)N1C[C@H]2C[C@H](O)[C@H](O)C[C@H]2C1. The lowest BCUT2D eigenvalue weighted by molar-refractivity contribution is -0.129. The third-order valence-electron chi connectivity index (χ3n) is 5.10. The van der Waals surface area contributed by atoms with Crippen LogP contribution in [0.2, 0.25) is 0 Å². The minimum Gasteiger partial charge on any atom is -0.390 e. The number of hydrogen-bond donors (Lipinski definition) is 2. The number of amides is 1. The van der Waals surface area contributed by atoms with Gasteiger partial charge < -0.3 is 15.1 Å². The van der Waals surface area contributed by atoms with Crippen LogP contribution in [0.1, 0.15) is 24.8 Å². The van der Waals surface area contributed by atoms with Crippen LogP contribution in [0.25, 0.3) is 0 Å². The van der Waals surface area contributed by atoms with E-state index in [0.29, 0.717) is 44.2 Å². The molecule has 2 aliphatic rings. The molecule has 1 aromatic carbocycles. The normalized spacial score (nSPS) is 29.5. The van der Waals surface area contributed by atoms with Crippen LogP contribution in [0.4, 0.5) is 4.39 Å². The molecule has 2 fully saturated rings. The molecule has 1 saturated carbocycles. The van der Waals surface area contributed by atoms with E-state index >= 15 is 0 Å². The maximum Gasteiger partial charge on any atom is 0.223 e. The number of likely N-dealkylation sites (tertiary alicyclic amines) is 1. The molecule has 0 aromatic heterocycles. The molecule has 1 heterocycles. The first-order chi connectivity index (χ1) is 11.5. The molecule has 6 heteroatoms. The lowest BCUT2D eigenvalue weighted by Gasteiger charge is -2.31. The Morgan fingerprint density at radius 3 is 2.29 bits per heavy atom. The second kappa shape index (κ2) is 7.85. The van der Waals surface area contributed by atoms with Gasteiger partial charge in [0.25, 0.3) is 0 Å². The van der Waals surface area contributed by atoms with E-state index < -0.39 is 12.2 Å². The molecule has 2 N–H and O–H groups in total. The second-order valence-electron chi connectivity index (χ2n) is 6.85. The van der Waals surface area contributed by atoms with Crippen LogP contribution in [0.5, 0.6) is 0 Å². The summed E-state index contributed by atoms with van der Waals surface area (Å²) >= 11 is 1.68. The zero-order valence-electron chi connectivity index (χ0n) is 13.6. The van der Waals surface area contributed by atoms with Gasteiger partial charge in [0.15, 0.2) is 0 Å². The molecule has 0 unspecified atom stereocenters. The Kier molecular flexibility index (Phi) is 5.79. The van der Waals surface area contributed by atoms with Gasteiger partial charge in [-0.25, -0.2) is 4.39 Å². The number of halogens is 1. The predicted octanol–water partition coefficient (Wildman–Crippen LogP) is 2.04. The van der Waals surface area contributed by atoms with Gasteiger partial charge in [0.05, 0.1) is 12.2 Å². The third kappa shape index (κ3) is 4.29. The van der Waals surface area contributed by atoms with Crippen molar-refractivity contribution in [1.29, 1.82) is 0 Å². The Labute approximate surface area is 146 Å². The quantitative estimate of drug-likeness (QED) is 0.796. The molecule has 0 radical (unpaired) electrons. The number of carbonyl (C=O) groups is 1. The lowest BCUT2D eigenvalue weighted by atomic mass is 9.79. The van der Waals surface area contributed by atoms with Crippen molar-refractivity contribution >= 4 is 17.7 Å². The summed E-state index contributed by atoms with van der Waals surface area (Å²) in [4.78, 5) is 14.2. The number of rotatable bonds is 5. The molecular weight excluding hydrogens is 329 g/mol. The number of thioether (sulfide) groups is 1. The fourth-order valence-electron chi connectivity index (χ4n) is 3.70. The Hall–Kier alpha value is -1.11. The first-order valence-electron chi connectivity index (χ1n) is 8.49. The van der Waals surface area contributed by atoms with Crippen molar-refractivity contribution in [3.8, 4) is 0 Å². The molecule has 1 aliphatic carbocycles. The Balaban J connectivity index is 1.39. The molecule has 0 spiro atoms. The highest BCUT2D eigenvalue weighted by atomic mass is 32.2. The summed E-state index contributed by atoms with van der Waals surface area (Å²) in [5.41, 5.74) is 1.06. The van der Waals surface area contributed by atoms with Crippen LogP contribution in [-0.4, -0.2) is 52.1 Å². The van der Waals surface area contributed by atoms with Gasteiger partial charge >= 0.3 is 0 Å². The highest BCUT2D eigenvalue weighted by Crippen LogP contribution is 2.36. The summed E-state index contributed by atoms with van der Waals surface area (Å²) < 4.78 is 12.8. The van der Waals surface area contributed by atoms with E-state index in [1.54, 1.807) is 23.9 Å². The molecule has 0 bridgehead atoms. The van der Waals surface area contributed by atoms with Gasteiger partial charge in [0.2, 0.25) is 5.91 Å². The summed E-state index contributed by atoms with van der Waals surface area (Å²) in [7, 11) is 0. The summed E-state index contributed by atoms with van der Waals surface area (Å²) in [5, 5.41) is 19.5. The van der Waals surface area contributed by atoms with Crippen LogP contribution in [0.3, 0.4) is 0 Å². The van der Waals surface area contributed by atoms with Crippen LogP contribution >= 0.6 is 11.8 Å². The average molecular weight is 353 g/mol. The number of nitrogens with zero attached hydrogens (tertiary/aromatic N) is 1. The minimum absolute atomic E-state index is 0.153.